The third-order valence-corrected chi connectivity index (χ3v) is 6.94. The zero-order valence-corrected chi connectivity index (χ0v) is 16.1. The van der Waals surface area contributed by atoms with Crippen molar-refractivity contribution in [3.8, 4) is 0 Å². The molecule has 0 atom stereocenters. The molecule has 1 aliphatic rings. The number of aromatic nitrogens is 2. The number of thioether (sulfide) groups is 1. The Balaban J connectivity index is 1.31. The summed E-state index contributed by atoms with van der Waals surface area (Å²) >= 11 is 4.50. The number of halogens is 1. The number of amides is 1. The maximum atomic E-state index is 13.2. The maximum absolute atomic E-state index is 13.2. The van der Waals surface area contributed by atoms with Gasteiger partial charge >= 0.3 is 0 Å². The molecule has 0 bridgehead atoms. The van der Waals surface area contributed by atoms with Gasteiger partial charge in [0.05, 0.1) is 5.75 Å². The second kappa shape index (κ2) is 7.73. The van der Waals surface area contributed by atoms with Crippen molar-refractivity contribution < 1.29 is 9.18 Å². The summed E-state index contributed by atoms with van der Waals surface area (Å²) in [5.74, 6) is 0.144. The topological polar surface area (TPSA) is 58.1 Å². The van der Waals surface area contributed by atoms with Crippen LogP contribution in [0.5, 0.6) is 0 Å². The fourth-order valence-electron chi connectivity index (χ4n) is 2.68. The molecule has 1 N–H and O–H groups in total. The molecule has 0 saturated heterocycles. The number of fused-ring (bicyclic) bond motifs is 1. The number of anilines is 2. The van der Waals surface area contributed by atoms with Crippen LogP contribution in [0.15, 0.2) is 40.1 Å². The van der Waals surface area contributed by atoms with Crippen molar-refractivity contribution in [1.82, 2.24) is 15.1 Å². The SMILES string of the molecule is O=C(CSc1nnc(Nc2cccc(F)c2)s1)N1CCc2sccc2C1. The number of carbonyl (C=O) groups excluding carboxylic acids is 1. The summed E-state index contributed by atoms with van der Waals surface area (Å²) in [6.07, 6.45) is 0.934. The Morgan fingerprint density at radius 1 is 1.35 bits per heavy atom. The van der Waals surface area contributed by atoms with E-state index in [0.29, 0.717) is 27.5 Å². The quantitative estimate of drug-likeness (QED) is 0.645. The van der Waals surface area contributed by atoms with Crippen LogP contribution in [0.1, 0.15) is 10.4 Å². The largest absolute Gasteiger partial charge is 0.337 e. The number of nitrogens with one attached hydrogen (secondary N) is 1. The van der Waals surface area contributed by atoms with E-state index in [-0.39, 0.29) is 11.7 Å². The van der Waals surface area contributed by atoms with Gasteiger partial charge in [0.25, 0.3) is 0 Å². The Morgan fingerprint density at radius 2 is 2.27 bits per heavy atom. The van der Waals surface area contributed by atoms with Gasteiger partial charge in [0.1, 0.15) is 5.82 Å². The smallest absolute Gasteiger partial charge is 0.233 e. The van der Waals surface area contributed by atoms with Crippen molar-refractivity contribution in [2.75, 3.05) is 17.6 Å². The molecule has 1 amide bonds. The second-order valence-electron chi connectivity index (χ2n) is 5.73. The summed E-state index contributed by atoms with van der Waals surface area (Å²) in [5.41, 5.74) is 1.88. The minimum atomic E-state index is -0.310. The summed E-state index contributed by atoms with van der Waals surface area (Å²) in [7, 11) is 0. The molecule has 9 heteroatoms. The number of benzene rings is 1. The number of nitrogens with zero attached hydrogens (tertiary/aromatic N) is 3. The standard InChI is InChI=1S/C17H15FN4OS3/c18-12-2-1-3-13(8-12)19-16-20-21-17(26-16)25-10-15(23)22-6-4-14-11(9-22)5-7-24-14/h1-3,5,7-8H,4,6,9-10H2,(H,19,20). The van der Waals surface area contributed by atoms with Crippen molar-refractivity contribution >= 4 is 51.2 Å². The first-order chi connectivity index (χ1) is 12.7. The van der Waals surface area contributed by atoms with Gasteiger partial charge < -0.3 is 10.2 Å². The van der Waals surface area contributed by atoms with Crippen LogP contribution in [-0.4, -0.2) is 33.3 Å². The molecule has 5 nitrogen and oxygen atoms in total. The minimum absolute atomic E-state index is 0.113. The predicted octanol–water partition coefficient (Wildman–Crippen LogP) is 4.16. The first kappa shape index (κ1) is 17.4. The maximum Gasteiger partial charge on any atom is 0.233 e. The van der Waals surface area contributed by atoms with Crippen LogP contribution in [0, 0.1) is 5.82 Å². The molecule has 0 aliphatic carbocycles. The number of thiophene rings is 1. The lowest BCUT2D eigenvalue weighted by Crippen LogP contribution is -2.36. The van der Waals surface area contributed by atoms with E-state index in [2.05, 4.69) is 27.0 Å². The van der Waals surface area contributed by atoms with Gasteiger partial charge in [-0.3, -0.25) is 4.79 Å². The summed E-state index contributed by atoms with van der Waals surface area (Å²) in [6.45, 7) is 1.47. The molecule has 1 aromatic carbocycles. The van der Waals surface area contributed by atoms with E-state index >= 15 is 0 Å². The van der Waals surface area contributed by atoms with Crippen LogP contribution in [0.4, 0.5) is 15.2 Å². The van der Waals surface area contributed by atoms with Gasteiger partial charge in [0.2, 0.25) is 11.0 Å². The summed E-state index contributed by atoms with van der Waals surface area (Å²) in [4.78, 5) is 15.7. The number of carbonyl (C=O) groups is 1. The molecule has 3 aromatic rings. The van der Waals surface area contributed by atoms with E-state index in [4.69, 9.17) is 0 Å². The van der Waals surface area contributed by atoms with Crippen molar-refractivity contribution in [3.05, 3.63) is 52.0 Å². The predicted molar refractivity (Wildman–Crippen MR) is 104 cm³/mol. The monoisotopic (exact) mass is 406 g/mol. The summed E-state index contributed by atoms with van der Waals surface area (Å²) < 4.78 is 13.9. The van der Waals surface area contributed by atoms with Gasteiger partial charge in [-0.2, -0.15) is 0 Å². The molecule has 0 saturated carbocycles. The van der Waals surface area contributed by atoms with Crippen LogP contribution in [-0.2, 0) is 17.8 Å². The first-order valence-electron chi connectivity index (χ1n) is 7.99. The van der Waals surface area contributed by atoms with E-state index in [1.807, 2.05) is 4.90 Å². The molecule has 0 fully saturated rings. The highest BCUT2D eigenvalue weighted by molar-refractivity contribution is 8.01. The molecule has 1 aliphatic heterocycles. The van der Waals surface area contributed by atoms with Crippen LogP contribution in [0.3, 0.4) is 0 Å². The second-order valence-corrected chi connectivity index (χ2v) is 8.93. The van der Waals surface area contributed by atoms with Gasteiger partial charge in [0, 0.05) is 23.7 Å². The molecule has 26 heavy (non-hydrogen) atoms. The fraction of sp³-hybridized carbons (Fsp3) is 0.235. The third-order valence-electron chi connectivity index (χ3n) is 3.96. The molecule has 2 aromatic heterocycles. The fourth-order valence-corrected chi connectivity index (χ4v) is 5.25. The van der Waals surface area contributed by atoms with E-state index in [0.717, 1.165) is 13.0 Å². The highest BCUT2D eigenvalue weighted by atomic mass is 32.2. The third kappa shape index (κ3) is 4.05. The molecule has 0 radical (unpaired) electrons. The van der Waals surface area contributed by atoms with Gasteiger partial charge in [0.15, 0.2) is 4.34 Å². The Morgan fingerprint density at radius 3 is 3.15 bits per heavy atom. The van der Waals surface area contributed by atoms with Gasteiger partial charge in [-0.1, -0.05) is 29.2 Å². The normalized spacial score (nSPS) is 13.5. The molecule has 0 spiro atoms. The summed E-state index contributed by atoms with van der Waals surface area (Å²) in [5, 5.41) is 13.8. The Hall–Kier alpha value is -1.97. The number of hydrogen-bond donors (Lipinski definition) is 1. The van der Waals surface area contributed by atoms with Crippen molar-refractivity contribution in [3.63, 3.8) is 0 Å². The van der Waals surface area contributed by atoms with Crippen LogP contribution in [0.2, 0.25) is 0 Å². The van der Waals surface area contributed by atoms with Crippen molar-refractivity contribution in [2.24, 2.45) is 0 Å². The molecule has 3 heterocycles. The lowest BCUT2D eigenvalue weighted by Gasteiger charge is -2.26. The Bertz CT molecular complexity index is 926. The number of rotatable bonds is 5. The van der Waals surface area contributed by atoms with E-state index in [1.165, 1.54) is 45.7 Å². The highest BCUT2D eigenvalue weighted by Crippen LogP contribution is 2.29. The average Bonchev–Trinajstić information content (AvgIpc) is 3.28. The molecule has 134 valence electrons. The molecular weight excluding hydrogens is 391 g/mol. The van der Waals surface area contributed by atoms with Crippen molar-refractivity contribution in [1.29, 1.82) is 0 Å². The van der Waals surface area contributed by atoms with Crippen LogP contribution >= 0.6 is 34.4 Å². The lowest BCUT2D eigenvalue weighted by molar-refractivity contribution is -0.129. The zero-order chi connectivity index (χ0) is 17.9. The lowest BCUT2D eigenvalue weighted by atomic mass is 10.1. The Kier molecular flexibility index (Phi) is 5.18. The summed E-state index contributed by atoms with van der Waals surface area (Å²) in [6, 6.07) is 8.27. The molecule has 0 unspecified atom stereocenters. The average molecular weight is 407 g/mol. The molecule has 4 rings (SSSR count). The van der Waals surface area contributed by atoms with Crippen LogP contribution in [0.25, 0.3) is 0 Å². The van der Waals surface area contributed by atoms with E-state index in [1.54, 1.807) is 23.5 Å². The zero-order valence-electron chi connectivity index (χ0n) is 13.6. The van der Waals surface area contributed by atoms with E-state index in [9.17, 15) is 9.18 Å². The minimum Gasteiger partial charge on any atom is -0.337 e. The van der Waals surface area contributed by atoms with Gasteiger partial charge in [-0.15, -0.1) is 21.5 Å². The highest BCUT2D eigenvalue weighted by Gasteiger charge is 2.21. The van der Waals surface area contributed by atoms with E-state index < -0.39 is 0 Å². The van der Waals surface area contributed by atoms with Gasteiger partial charge in [-0.25, -0.2) is 4.39 Å². The van der Waals surface area contributed by atoms with Crippen LogP contribution < -0.4 is 5.32 Å². The Labute approximate surface area is 162 Å². The number of hydrogen-bond acceptors (Lipinski definition) is 7. The van der Waals surface area contributed by atoms with Gasteiger partial charge in [-0.05, 0) is 41.6 Å². The van der Waals surface area contributed by atoms with Crippen molar-refractivity contribution in [2.45, 2.75) is 17.3 Å². The molecular formula is C17H15FN4OS3. The first-order valence-corrected chi connectivity index (χ1v) is 10.7.